The Morgan fingerprint density at radius 1 is 0.767 bits per heavy atom. The van der Waals surface area contributed by atoms with Crippen LogP contribution in [0.1, 0.15) is 71.5 Å². The van der Waals surface area contributed by atoms with Gasteiger partial charge in [-0.2, -0.15) is 0 Å². The lowest BCUT2D eigenvalue weighted by molar-refractivity contribution is 0.0533. The third kappa shape index (κ3) is 4.97. The molecule has 0 saturated carbocycles. The molecule has 0 N–H and O–H groups in total. The van der Waals surface area contributed by atoms with Gasteiger partial charge in [-0.05, 0) is 37.8 Å². The number of piperazine rings is 1. The summed E-state index contributed by atoms with van der Waals surface area (Å²) in [6.07, 6.45) is 1.64. The fourth-order valence-corrected chi connectivity index (χ4v) is 3.97. The van der Waals surface area contributed by atoms with Crippen LogP contribution in [0.2, 0.25) is 0 Å². The van der Waals surface area contributed by atoms with Crippen LogP contribution in [0, 0.1) is 25.7 Å². The summed E-state index contributed by atoms with van der Waals surface area (Å²) in [4.78, 5) is 29.6. The number of furan rings is 2. The van der Waals surface area contributed by atoms with Crippen molar-refractivity contribution in [1.82, 2.24) is 9.80 Å². The van der Waals surface area contributed by atoms with Gasteiger partial charge in [0.05, 0.1) is 11.1 Å². The van der Waals surface area contributed by atoms with Crippen molar-refractivity contribution < 1.29 is 18.4 Å². The van der Waals surface area contributed by atoms with Gasteiger partial charge in [0.15, 0.2) is 0 Å². The van der Waals surface area contributed by atoms with Crippen molar-refractivity contribution in [2.75, 3.05) is 26.2 Å². The van der Waals surface area contributed by atoms with E-state index in [0.29, 0.717) is 60.7 Å². The van der Waals surface area contributed by atoms with Crippen molar-refractivity contribution in [3.05, 3.63) is 46.3 Å². The highest BCUT2D eigenvalue weighted by molar-refractivity contribution is 5.97. The Balaban J connectivity index is 1.62. The van der Waals surface area contributed by atoms with Gasteiger partial charge >= 0.3 is 0 Å². The molecule has 0 radical (unpaired) electrons. The minimum Gasteiger partial charge on any atom is -0.466 e. The minimum atomic E-state index is -0.0166. The molecule has 164 valence electrons. The lowest BCUT2D eigenvalue weighted by Gasteiger charge is -2.34. The topological polar surface area (TPSA) is 66.9 Å². The highest BCUT2D eigenvalue weighted by Crippen LogP contribution is 2.22. The molecule has 1 saturated heterocycles. The van der Waals surface area contributed by atoms with E-state index in [1.807, 2.05) is 35.8 Å². The van der Waals surface area contributed by atoms with Gasteiger partial charge in [0.1, 0.15) is 23.0 Å². The first-order chi connectivity index (χ1) is 14.2. The second-order valence-electron chi connectivity index (χ2n) is 9.15. The molecule has 2 amide bonds. The number of nitrogens with zero attached hydrogens (tertiary/aromatic N) is 2. The second-order valence-corrected chi connectivity index (χ2v) is 9.15. The largest absolute Gasteiger partial charge is 0.466 e. The van der Waals surface area contributed by atoms with Crippen LogP contribution in [-0.2, 0) is 12.8 Å². The first-order valence-electron chi connectivity index (χ1n) is 10.9. The number of aryl methyl sites for hydroxylation is 2. The molecule has 3 heterocycles. The summed E-state index contributed by atoms with van der Waals surface area (Å²) in [6, 6.07) is 3.75. The summed E-state index contributed by atoms with van der Waals surface area (Å²) in [5, 5.41) is 0. The van der Waals surface area contributed by atoms with Crippen LogP contribution in [-0.4, -0.2) is 47.8 Å². The number of carbonyl (C=O) groups excluding carboxylic acids is 2. The maximum Gasteiger partial charge on any atom is 0.257 e. The standard InChI is InChI=1S/C24H34N2O4/c1-15(2)11-19-13-21(17(5)29-19)23(27)25-7-9-26(10-8-25)24(28)22-14-20(12-16(3)4)30-18(22)6/h13-16H,7-12H2,1-6H3. The maximum absolute atomic E-state index is 13.0. The van der Waals surface area contributed by atoms with Gasteiger partial charge < -0.3 is 18.6 Å². The van der Waals surface area contributed by atoms with E-state index in [-0.39, 0.29) is 11.8 Å². The smallest absolute Gasteiger partial charge is 0.257 e. The zero-order valence-electron chi connectivity index (χ0n) is 19.1. The molecular weight excluding hydrogens is 380 g/mol. The molecule has 2 aromatic rings. The molecule has 0 unspecified atom stereocenters. The van der Waals surface area contributed by atoms with Crippen molar-refractivity contribution in [3.63, 3.8) is 0 Å². The van der Waals surface area contributed by atoms with Crippen LogP contribution in [0.25, 0.3) is 0 Å². The summed E-state index contributed by atoms with van der Waals surface area (Å²) in [6.45, 7) is 14.3. The summed E-state index contributed by atoms with van der Waals surface area (Å²) in [5.41, 5.74) is 1.27. The van der Waals surface area contributed by atoms with E-state index < -0.39 is 0 Å². The molecule has 1 fully saturated rings. The number of hydrogen-bond acceptors (Lipinski definition) is 4. The fraction of sp³-hybridized carbons (Fsp3) is 0.583. The van der Waals surface area contributed by atoms with Crippen molar-refractivity contribution in [2.45, 2.75) is 54.4 Å². The summed E-state index contributed by atoms with van der Waals surface area (Å²) >= 11 is 0. The lowest BCUT2D eigenvalue weighted by Crippen LogP contribution is -2.50. The quantitative estimate of drug-likeness (QED) is 0.699. The van der Waals surface area contributed by atoms with Gasteiger partial charge in [-0.25, -0.2) is 0 Å². The Labute approximate surface area is 179 Å². The molecule has 3 rings (SSSR count). The fourth-order valence-electron chi connectivity index (χ4n) is 3.97. The predicted molar refractivity (Wildman–Crippen MR) is 116 cm³/mol. The molecule has 0 aliphatic carbocycles. The number of rotatable bonds is 6. The molecule has 1 aliphatic rings. The Morgan fingerprint density at radius 3 is 1.40 bits per heavy atom. The van der Waals surface area contributed by atoms with Crippen LogP contribution in [0.15, 0.2) is 21.0 Å². The molecule has 0 atom stereocenters. The molecule has 6 nitrogen and oxygen atoms in total. The van der Waals surface area contributed by atoms with Crippen molar-refractivity contribution in [2.24, 2.45) is 11.8 Å². The van der Waals surface area contributed by atoms with Crippen LogP contribution in [0.4, 0.5) is 0 Å². The van der Waals surface area contributed by atoms with Gasteiger partial charge in [-0.15, -0.1) is 0 Å². The Bertz CT molecular complexity index is 824. The van der Waals surface area contributed by atoms with E-state index in [2.05, 4.69) is 27.7 Å². The van der Waals surface area contributed by atoms with E-state index in [1.165, 1.54) is 0 Å². The average Bonchev–Trinajstić information content (AvgIpc) is 3.21. The number of amides is 2. The molecule has 0 spiro atoms. The highest BCUT2D eigenvalue weighted by atomic mass is 16.3. The predicted octanol–water partition coefficient (Wildman–Crippen LogP) is 4.48. The van der Waals surface area contributed by atoms with Crippen molar-refractivity contribution >= 4 is 11.8 Å². The zero-order chi connectivity index (χ0) is 22.0. The van der Waals surface area contributed by atoms with Gasteiger partial charge in [0.2, 0.25) is 0 Å². The Kier molecular flexibility index (Phi) is 6.74. The van der Waals surface area contributed by atoms with Crippen molar-refractivity contribution in [3.8, 4) is 0 Å². The van der Waals surface area contributed by atoms with Crippen LogP contribution < -0.4 is 0 Å². The number of hydrogen-bond donors (Lipinski definition) is 0. The first kappa shape index (κ1) is 22.2. The third-order valence-corrected chi connectivity index (χ3v) is 5.47. The molecule has 6 heteroatoms. The SMILES string of the molecule is Cc1oc(CC(C)C)cc1C(=O)N1CCN(C(=O)c2cc(CC(C)C)oc2C)CC1. The van der Waals surface area contributed by atoms with E-state index in [9.17, 15) is 9.59 Å². The first-order valence-corrected chi connectivity index (χ1v) is 10.9. The molecule has 30 heavy (non-hydrogen) atoms. The molecule has 1 aliphatic heterocycles. The number of carbonyl (C=O) groups is 2. The van der Waals surface area contributed by atoms with E-state index >= 15 is 0 Å². The normalized spacial score (nSPS) is 14.8. The second kappa shape index (κ2) is 9.11. The molecule has 0 aromatic carbocycles. The summed E-state index contributed by atoms with van der Waals surface area (Å²) in [7, 11) is 0. The summed E-state index contributed by atoms with van der Waals surface area (Å²) in [5.74, 6) is 3.96. The molecule has 0 bridgehead atoms. The molecular formula is C24H34N2O4. The van der Waals surface area contributed by atoms with Crippen molar-refractivity contribution in [1.29, 1.82) is 0 Å². The van der Waals surface area contributed by atoms with Crippen LogP contribution >= 0.6 is 0 Å². The summed E-state index contributed by atoms with van der Waals surface area (Å²) < 4.78 is 11.5. The van der Waals surface area contributed by atoms with Gasteiger partial charge in [-0.1, -0.05) is 27.7 Å². The van der Waals surface area contributed by atoms with Crippen LogP contribution in [0.3, 0.4) is 0 Å². The molecule has 2 aromatic heterocycles. The van der Waals surface area contributed by atoms with E-state index in [0.717, 1.165) is 24.4 Å². The monoisotopic (exact) mass is 414 g/mol. The third-order valence-electron chi connectivity index (χ3n) is 5.47. The maximum atomic E-state index is 13.0. The Morgan fingerprint density at radius 2 is 1.10 bits per heavy atom. The van der Waals surface area contributed by atoms with Crippen LogP contribution in [0.5, 0.6) is 0 Å². The average molecular weight is 415 g/mol. The zero-order valence-corrected chi connectivity index (χ0v) is 19.1. The van der Waals surface area contributed by atoms with Gasteiger partial charge in [0, 0.05) is 39.0 Å². The van der Waals surface area contributed by atoms with Gasteiger partial charge in [0.25, 0.3) is 11.8 Å². The minimum absolute atomic E-state index is 0.0166. The van der Waals surface area contributed by atoms with E-state index in [1.54, 1.807) is 0 Å². The highest BCUT2D eigenvalue weighted by Gasteiger charge is 2.29. The van der Waals surface area contributed by atoms with Gasteiger partial charge in [-0.3, -0.25) is 9.59 Å². The van der Waals surface area contributed by atoms with E-state index in [4.69, 9.17) is 8.83 Å². The lowest BCUT2D eigenvalue weighted by atomic mass is 10.1. The Hall–Kier alpha value is -2.50.